The molecule has 0 aliphatic heterocycles. The largest absolute Gasteiger partial charge is 0.207 e. The fraction of sp³-hybridized carbons (Fsp3) is 0.167. The van der Waals surface area contributed by atoms with Crippen molar-refractivity contribution in [3.05, 3.63) is 57.5 Å². The van der Waals surface area contributed by atoms with Gasteiger partial charge in [0.25, 0.3) is 0 Å². The van der Waals surface area contributed by atoms with Gasteiger partial charge in [-0.2, -0.15) is 11.3 Å². The zero-order valence-electron chi connectivity index (χ0n) is 8.59. The maximum absolute atomic E-state index is 13.5. The first kappa shape index (κ1) is 12.6. The Morgan fingerprint density at radius 3 is 2.35 bits per heavy atom. The van der Waals surface area contributed by atoms with Gasteiger partial charge in [-0.25, -0.2) is 13.2 Å². The van der Waals surface area contributed by atoms with Crippen LogP contribution in [0.5, 0.6) is 0 Å². The maximum Gasteiger partial charge on any atom is 0.133 e. The summed E-state index contributed by atoms with van der Waals surface area (Å²) in [5.41, 5.74) is 0.859. The third kappa shape index (κ3) is 2.90. The average molecular weight is 321 g/mol. The highest BCUT2D eigenvalue weighted by molar-refractivity contribution is 9.09. The van der Waals surface area contributed by atoms with E-state index in [1.165, 1.54) is 11.3 Å². The van der Waals surface area contributed by atoms with Gasteiger partial charge in [0.15, 0.2) is 0 Å². The van der Waals surface area contributed by atoms with E-state index in [4.69, 9.17) is 0 Å². The van der Waals surface area contributed by atoms with Crippen LogP contribution in [-0.4, -0.2) is 0 Å². The van der Waals surface area contributed by atoms with Crippen molar-refractivity contribution in [2.45, 2.75) is 11.2 Å². The topological polar surface area (TPSA) is 0 Å². The molecule has 0 aliphatic rings. The number of halogens is 4. The second kappa shape index (κ2) is 5.23. The summed E-state index contributed by atoms with van der Waals surface area (Å²) in [7, 11) is 0. The van der Waals surface area contributed by atoms with Crippen LogP contribution in [0.15, 0.2) is 29.0 Å². The molecular weight excluding hydrogens is 313 g/mol. The Kier molecular flexibility index (Phi) is 3.89. The van der Waals surface area contributed by atoms with Crippen LogP contribution in [0, 0.1) is 17.5 Å². The molecule has 17 heavy (non-hydrogen) atoms. The van der Waals surface area contributed by atoms with Crippen LogP contribution in [0.2, 0.25) is 0 Å². The number of hydrogen-bond acceptors (Lipinski definition) is 1. The molecule has 1 unspecified atom stereocenters. The van der Waals surface area contributed by atoms with Crippen molar-refractivity contribution in [3.8, 4) is 0 Å². The van der Waals surface area contributed by atoms with Crippen LogP contribution < -0.4 is 0 Å². The number of hydrogen-bond donors (Lipinski definition) is 0. The molecule has 2 aromatic rings. The molecule has 1 atom stereocenters. The van der Waals surface area contributed by atoms with Gasteiger partial charge in [0, 0.05) is 22.5 Å². The quantitative estimate of drug-likeness (QED) is 0.709. The molecular formula is C12H8BrF3S. The van der Waals surface area contributed by atoms with Crippen molar-refractivity contribution < 1.29 is 13.2 Å². The van der Waals surface area contributed by atoms with Gasteiger partial charge in [0.05, 0.1) is 0 Å². The molecule has 0 nitrogen and oxygen atoms in total. The molecule has 0 saturated carbocycles. The summed E-state index contributed by atoms with van der Waals surface area (Å²) in [5, 5.41) is 3.81. The highest BCUT2D eigenvalue weighted by atomic mass is 79.9. The predicted molar refractivity (Wildman–Crippen MR) is 66.0 cm³/mol. The molecule has 2 rings (SSSR count). The van der Waals surface area contributed by atoms with Crippen molar-refractivity contribution in [1.82, 2.24) is 0 Å². The molecule has 1 heterocycles. The van der Waals surface area contributed by atoms with Crippen molar-refractivity contribution in [2.24, 2.45) is 0 Å². The molecule has 0 radical (unpaired) electrons. The first-order valence-electron chi connectivity index (χ1n) is 4.87. The molecule has 1 aromatic carbocycles. The van der Waals surface area contributed by atoms with Gasteiger partial charge in [0.2, 0.25) is 0 Å². The van der Waals surface area contributed by atoms with Gasteiger partial charge in [-0.05, 0) is 28.8 Å². The Balaban J connectivity index is 2.27. The average Bonchev–Trinajstić information content (AvgIpc) is 2.68. The van der Waals surface area contributed by atoms with Crippen molar-refractivity contribution in [1.29, 1.82) is 0 Å². The highest BCUT2D eigenvalue weighted by Crippen LogP contribution is 2.32. The molecule has 0 N–H and O–H groups in total. The van der Waals surface area contributed by atoms with Gasteiger partial charge in [-0.3, -0.25) is 0 Å². The lowest BCUT2D eigenvalue weighted by Crippen LogP contribution is -2.02. The summed E-state index contributed by atoms with van der Waals surface area (Å²) in [6, 6.07) is 3.28. The minimum absolute atomic E-state index is 0.127. The highest BCUT2D eigenvalue weighted by Gasteiger charge is 2.19. The fourth-order valence-electron chi connectivity index (χ4n) is 1.57. The van der Waals surface area contributed by atoms with E-state index in [2.05, 4.69) is 15.9 Å². The van der Waals surface area contributed by atoms with E-state index in [0.29, 0.717) is 18.6 Å². The van der Waals surface area contributed by atoms with Crippen LogP contribution in [-0.2, 0) is 6.42 Å². The van der Waals surface area contributed by atoms with Crippen LogP contribution >= 0.6 is 27.3 Å². The first-order valence-corrected chi connectivity index (χ1v) is 6.73. The first-order chi connectivity index (χ1) is 8.08. The summed E-state index contributed by atoms with van der Waals surface area (Å²) in [5.74, 6) is -2.63. The number of alkyl halides is 1. The number of rotatable bonds is 3. The SMILES string of the molecule is Fc1cc(F)c(C(Br)Cc2ccsc2)c(F)c1. The second-order valence-electron chi connectivity index (χ2n) is 3.59. The molecule has 0 bridgehead atoms. The molecule has 0 fully saturated rings. The van der Waals surface area contributed by atoms with E-state index >= 15 is 0 Å². The lowest BCUT2D eigenvalue weighted by atomic mass is 10.1. The molecule has 1 aromatic heterocycles. The van der Waals surface area contributed by atoms with Gasteiger partial charge in [0.1, 0.15) is 17.5 Å². The zero-order valence-corrected chi connectivity index (χ0v) is 11.0. The minimum Gasteiger partial charge on any atom is -0.207 e. The zero-order chi connectivity index (χ0) is 12.4. The summed E-state index contributed by atoms with van der Waals surface area (Å²) >= 11 is 4.76. The van der Waals surface area contributed by atoms with Gasteiger partial charge in [-0.1, -0.05) is 15.9 Å². The van der Waals surface area contributed by atoms with E-state index < -0.39 is 22.3 Å². The monoisotopic (exact) mass is 320 g/mol. The normalized spacial score (nSPS) is 12.7. The molecule has 5 heteroatoms. The number of benzene rings is 1. The molecule has 90 valence electrons. The Morgan fingerprint density at radius 2 is 1.82 bits per heavy atom. The van der Waals surface area contributed by atoms with Gasteiger partial charge in [-0.15, -0.1) is 0 Å². The van der Waals surface area contributed by atoms with Crippen molar-refractivity contribution >= 4 is 27.3 Å². The van der Waals surface area contributed by atoms with Crippen LogP contribution in [0.4, 0.5) is 13.2 Å². The molecule has 0 aliphatic carbocycles. The Labute approximate surface area is 109 Å². The van der Waals surface area contributed by atoms with Gasteiger partial charge < -0.3 is 0 Å². The lowest BCUT2D eigenvalue weighted by molar-refractivity contribution is 0.522. The third-order valence-corrected chi connectivity index (χ3v) is 3.87. The minimum atomic E-state index is -0.904. The van der Waals surface area contributed by atoms with Crippen molar-refractivity contribution in [2.75, 3.05) is 0 Å². The van der Waals surface area contributed by atoms with E-state index in [-0.39, 0.29) is 5.56 Å². The van der Waals surface area contributed by atoms with Crippen LogP contribution in [0.1, 0.15) is 16.0 Å². The van der Waals surface area contributed by atoms with E-state index in [1.807, 2.05) is 16.8 Å². The molecule has 0 spiro atoms. The molecule has 0 amide bonds. The standard InChI is InChI=1S/C12H8BrF3S/c13-9(3-7-1-2-17-6-7)12-10(15)4-8(14)5-11(12)16/h1-2,4-6,9H,3H2. The summed E-state index contributed by atoms with van der Waals surface area (Å²) < 4.78 is 39.7. The summed E-state index contributed by atoms with van der Waals surface area (Å²) in [6.45, 7) is 0. The number of thiophene rings is 1. The van der Waals surface area contributed by atoms with E-state index in [0.717, 1.165) is 5.56 Å². The second-order valence-corrected chi connectivity index (χ2v) is 5.47. The van der Waals surface area contributed by atoms with Crippen LogP contribution in [0.3, 0.4) is 0 Å². The maximum atomic E-state index is 13.5. The molecule has 0 saturated heterocycles. The summed E-state index contributed by atoms with van der Waals surface area (Å²) in [6.07, 6.45) is 0.461. The van der Waals surface area contributed by atoms with Gasteiger partial charge >= 0.3 is 0 Å². The lowest BCUT2D eigenvalue weighted by Gasteiger charge is -2.11. The van der Waals surface area contributed by atoms with E-state index in [1.54, 1.807) is 0 Å². The smallest absolute Gasteiger partial charge is 0.133 e. The Morgan fingerprint density at radius 1 is 1.18 bits per heavy atom. The Hall–Kier alpha value is -0.810. The van der Waals surface area contributed by atoms with Crippen LogP contribution in [0.25, 0.3) is 0 Å². The fourth-order valence-corrected chi connectivity index (χ4v) is 3.06. The summed E-state index contributed by atoms with van der Waals surface area (Å²) in [4.78, 5) is -0.502. The van der Waals surface area contributed by atoms with E-state index in [9.17, 15) is 13.2 Å². The van der Waals surface area contributed by atoms with Crippen molar-refractivity contribution in [3.63, 3.8) is 0 Å². The third-order valence-electron chi connectivity index (χ3n) is 2.35. The Bertz CT molecular complexity index is 487. The predicted octanol–water partition coefficient (Wildman–Crippen LogP) is 4.84.